The number of fused-ring (bicyclic) bond motifs is 6. The lowest BCUT2D eigenvalue weighted by molar-refractivity contribution is -0.118. The normalized spacial score (nSPS) is 18.2. The van der Waals surface area contributed by atoms with Crippen molar-refractivity contribution in [3.05, 3.63) is 70.2 Å². The van der Waals surface area contributed by atoms with Crippen molar-refractivity contribution in [2.75, 3.05) is 37.0 Å². The Labute approximate surface area is 237 Å². The second kappa shape index (κ2) is 9.55. The highest BCUT2D eigenvalue weighted by Gasteiger charge is 2.30. The Morgan fingerprint density at radius 2 is 1.95 bits per heavy atom. The molecular weight excluding hydrogens is 520 g/mol. The summed E-state index contributed by atoms with van der Waals surface area (Å²) in [5, 5.41) is 3.73. The van der Waals surface area contributed by atoms with Crippen LogP contribution in [0.25, 0.3) is 16.9 Å². The number of carbonyl (C=O) groups excluding carboxylic acids is 1. The van der Waals surface area contributed by atoms with Crippen molar-refractivity contribution >= 4 is 34.4 Å². The quantitative estimate of drug-likeness (QED) is 0.376. The summed E-state index contributed by atoms with van der Waals surface area (Å²) >= 11 is 0. The molecule has 3 aliphatic heterocycles. The lowest BCUT2D eigenvalue weighted by Gasteiger charge is -2.38. The summed E-state index contributed by atoms with van der Waals surface area (Å²) in [6.07, 6.45) is 6.33. The van der Waals surface area contributed by atoms with E-state index >= 15 is 0 Å². The van der Waals surface area contributed by atoms with E-state index in [9.17, 15) is 9.59 Å². The summed E-state index contributed by atoms with van der Waals surface area (Å²) in [5.41, 5.74) is 3.78. The molecule has 210 valence electrons. The van der Waals surface area contributed by atoms with Gasteiger partial charge in [0.25, 0.3) is 5.56 Å². The van der Waals surface area contributed by atoms with Crippen molar-refractivity contribution in [1.29, 1.82) is 0 Å². The fourth-order valence-electron chi connectivity index (χ4n) is 6.26. The zero-order chi connectivity index (χ0) is 28.3. The van der Waals surface area contributed by atoms with Crippen molar-refractivity contribution in [3.63, 3.8) is 0 Å². The molecule has 2 bridgehead atoms. The minimum atomic E-state index is -0.212. The van der Waals surface area contributed by atoms with E-state index in [1.807, 2.05) is 12.2 Å². The fraction of sp³-hybridized carbons (Fsp3) is 0.367. The number of pyridine rings is 1. The second-order valence-electron chi connectivity index (χ2n) is 11.6. The molecule has 41 heavy (non-hydrogen) atoms. The van der Waals surface area contributed by atoms with Crippen LogP contribution in [0.5, 0.6) is 5.75 Å². The monoisotopic (exact) mass is 552 g/mol. The molecule has 0 saturated heterocycles. The topological polar surface area (TPSA) is 110 Å². The molecule has 11 nitrogen and oxygen atoms in total. The minimum Gasteiger partial charge on any atom is -0.488 e. The van der Waals surface area contributed by atoms with E-state index in [0.717, 1.165) is 18.8 Å². The molecule has 1 amide bonds. The van der Waals surface area contributed by atoms with Crippen molar-refractivity contribution < 1.29 is 9.53 Å². The van der Waals surface area contributed by atoms with Gasteiger partial charge in [-0.3, -0.25) is 14.5 Å². The first kappa shape index (κ1) is 25.5. The van der Waals surface area contributed by atoms with Gasteiger partial charge in [0, 0.05) is 36.8 Å². The van der Waals surface area contributed by atoms with Gasteiger partial charge in [-0.25, -0.2) is 19.3 Å². The highest BCUT2D eigenvalue weighted by Crippen LogP contribution is 2.35. The van der Waals surface area contributed by atoms with Crippen LogP contribution in [0, 0.1) is 0 Å². The van der Waals surface area contributed by atoms with Gasteiger partial charge >= 0.3 is 0 Å². The smallest absolute Gasteiger partial charge is 0.278 e. The van der Waals surface area contributed by atoms with Crippen molar-refractivity contribution in [3.8, 4) is 11.6 Å². The molecule has 4 aromatic rings. The van der Waals surface area contributed by atoms with Crippen LogP contribution >= 0.6 is 0 Å². The Balaban J connectivity index is 1.34. The summed E-state index contributed by atoms with van der Waals surface area (Å²) in [6, 6.07) is 9.97. The third kappa shape index (κ3) is 4.37. The number of anilines is 3. The van der Waals surface area contributed by atoms with E-state index in [2.05, 4.69) is 54.3 Å². The first-order valence-electron chi connectivity index (χ1n) is 14.0. The van der Waals surface area contributed by atoms with Crippen LogP contribution in [0.15, 0.2) is 53.5 Å². The van der Waals surface area contributed by atoms with E-state index in [4.69, 9.17) is 14.7 Å². The van der Waals surface area contributed by atoms with Gasteiger partial charge in [0.2, 0.25) is 11.9 Å². The molecule has 7 rings (SSSR count). The van der Waals surface area contributed by atoms with Gasteiger partial charge in [-0.1, -0.05) is 32.1 Å². The van der Waals surface area contributed by atoms with Crippen LogP contribution in [-0.2, 0) is 23.3 Å². The van der Waals surface area contributed by atoms with E-state index in [-0.39, 0.29) is 16.9 Å². The average Bonchev–Trinajstić information content (AvgIpc) is 3.21. The second-order valence-corrected chi connectivity index (χ2v) is 11.6. The molecule has 0 saturated carbocycles. The number of ether oxygens (including phenoxy) is 1. The molecule has 3 aliphatic rings. The van der Waals surface area contributed by atoms with Crippen molar-refractivity contribution in [1.82, 2.24) is 29.2 Å². The summed E-state index contributed by atoms with van der Waals surface area (Å²) in [5.74, 6) is 1.84. The van der Waals surface area contributed by atoms with Gasteiger partial charge < -0.3 is 15.0 Å². The maximum Gasteiger partial charge on any atom is 0.278 e. The SMILES string of the molecule is CN1Cc2cc(Nc3ncc4c(=O)n5n(c4n3)-c3ccc4c(n3)N(CCO4)C(=O)CCC=CC5)ccc2C(C)(C)C1. The van der Waals surface area contributed by atoms with E-state index in [1.54, 1.807) is 32.6 Å². The number of allylic oxidation sites excluding steroid dienone is 2. The predicted molar refractivity (Wildman–Crippen MR) is 156 cm³/mol. The van der Waals surface area contributed by atoms with Gasteiger partial charge in [0.15, 0.2) is 23.0 Å². The van der Waals surface area contributed by atoms with Crippen LogP contribution < -0.4 is 20.5 Å². The van der Waals surface area contributed by atoms with E-state index in [1.165, 1.54) is 11.1 Å². The van der Waals surface area contributed by atoms with Crippen molar-refractivity contribution in [2.24, 2.45) is 0 Å². The summed E-state index contributed by atoms with van der Waals surface area (Å²) < 4.78 is 9.10. The van der Waals surface area contributed by atoms with Gasteiger partial charge in [-0.05, 0) is 48.9 Å². The minimum absolute atomic E-state index is 0.00683. The number of nitrogens with one attached hydrogen (secondary N) is 1. The van der Waals surface area contributed by atoms with Gasteiger partial charge in [-0.15, -0.1) is 0 Å². The third-order valence-corrected chi connectivity index (χ3v) is 8.01. The Hall–Kier alpha value is -4.51. The Morgan fingerprint density at radius 1 is 1.07 bits per heavy atom. The molecule has 0 unspecified atom stereocenters. The zero-order valence-electron chi connectivity index (χ0n) is 23.4. The summed E-state index contributed by atoms with van der Waals surface area (Å²) in [7, 11) is 2.14. The highest BCUT2D eigenvalue weighted by molar-refractivity contribution is 5.94. The molecule has 0 spiro atoms. The van der Waals surface area contributed by atoms with Crippen LogP contribution in [0.2, 0.25) is 0 Å². The number of benzene rings is 1. The molecular formula is C30H32N8O3. The zero-order valence-corrected chi connectivity index (χ0v) is 23.4. The molecule has 0 fully saturated rings. The molecule has 6 heterocycles. The summed E-state index contributed by atoms with van der Waals surface area (Å²) in [6.45, 7) is 7.55. The number of likely N-dealkylation sites (N-methyl/N-ethyl adjacent to an activating group) is 1. The first-order chi connectivity index (χ1) is 19.8. The fourth-order valence-corrected chi connectivity index (χ4v) is 6.26. The molecule has 0 radical (unpaired) electrons. The van der Waals surface area contributed by atoms with E-state index < -0.39 is 0 Å². The number of nitrogens with zero attached hydrogens (tertiary/aromatic N) is 7. The maximum atomic E-state index is 13.5. The first-order valence-corrected chi connectivity index (χ1v) is 14.0. The molecule has 1 aromatic carbocycles. The number of carbonyl (C=O) groups is 1. The lowest BCUT2D eigenvalue weighted by atomic mass is 9.78. The molecule has 1 N–H and O–H groups in total. The predicted octanol–water partition coefficient (Wildman–Crippen LogP) is 3.52. The summed E-state index contributed by atoms with van der Waals surface area (Å²) in [4.78, 5) is 44.6. The Kier molecular flexibility index (Phi) is 5.93. The maximum absolute atomic E-state index is 13.5. The van der Waals surface area contributed by atoms with Crippen LogP contribution in [0.3, 0.4) is 0 Å². The average molecular weight is 553 g/mol. The molecule has 3 aromatic heterocycles. The van der Waals surface area contributed by atoms with Crippen LogP contribution in [0.4, 0.5) is 17.5 Å². The highest BCUT2D eigenvalue weighted by atomic mass is 16.5. The molecule has 11 heteroatoms. The number of rotatable bonds is 2. The van der Waals surface area contributed by atoms with Crippen LogP contribution in [0.1, 0.15) is 37.8 Å². The lowest BCUT2D eigenvalue weighted by Crippen LogP contribution is -2.39. The third-order valence-electron chi connectivity index (χ3n) is 8.01. The standard InChI is InChI=1S/C30H32N8O3/c1-30(2)18-35(3)17-19-15-20(8-9-22(19)30)32-29-31-16-21-26(34-29)38-24-11-10-23-27(33-24)36(13-14-41-23)25(39)7-5-4-6-12-37(38)28(21)40/h4,6,8-11,15-16H,5,7,12-14,17-18H2,1-3H3,(H,31,32,34). The van der Waals surface area contributed by atoms with Gasteiger partial charge in [-0.2, -0.15) is 4.98 Å². The Bertz CT molecular complexity index is 1790. The van der Waals surface area contributed by atoms with Gasteiger partial charge in [0.1, 0.15) is 12.0 Å². The largest absolute Gasteiger partial charge is 0.488 e. The van der Waals surface area contributed by atoms with E-state index in [0.29, 0.717) is 66.9 Å². The Morgan fingerprint density at radius 3 is 2.83 bits per heavy atom. The number of hydrogen-bond acceptors (Lipinski definition) is 8. The molecule has 0 aliphatic carbocycles. The van der Waals surface area contributed by atoms with Crippen molar-refractivity contribution in [2.45, 2.75) is 45.2 Å². The van der Waals surface area contributed by atoms with Crippen LogP contribution in [-0.4, -0.2) is 61.9 Å². The number of amides is 1. The number of hydrogen-bond donors (Lipinski definition) is 1. The number of aromatic nitrogens is 5. The molecule has 0 atom stereocenters. The van der Waals surface area contributed by atoms with Gasteiger partial charge in [0.05, 0.1) is 13.1 Å².